The van der Waals surface area contributed by atoms with Crippen LogP contribution in [0.4, 0.5) is 0 Å². The second-order valence-electron chi connectivity index (χ2n) is 1.94. The number of nitrogens with zero attached hydrogens (tertiary/aromatic N) is 1. The van der Waals surface area contributed by atoms with Crippen molar-refractivity contribution in [2.75, 3.05) is 0 Å². The summed E-state index contributed by atoms with van der Waals surface area (Å²) < 4.78 is 0. The molecule has 0 unspecified atom stereocenters. The lowest BCUT2D eigenvalue weighted by Crippen LogP contribution is -1.98. The van der Waals surface area contributed by atoms with Crippen LogP contribution in [0.25, 0.3) is 0 Å². The van der Waals surface area contributed by atoms with Crippen molar-refractivity contribution in [3.63, 3.8) is 0 Å². The molecule has 0 saturated carbocycles. The van der Waals surface area contributed by atoms with E-state index in [1.807, 2.05) is 0 Å². The average Bonchev–Trinajstić information content (AvgIpc) is 2.10. The molecule has 1 heterocycles. The third kappa shape index (κ3) is 2.17. The van der Waals surface area contributed by atoms with Gasteiger partial charge in [-0.05, 0) is 13.8 Å². The summed E-state index contributed by atoms with van der Waals surface area (Å²) in [5, 5.41) is 9.32. The van der Waals surface area contributed by atoms with Gasteiger partial charge in [-0.2, -0.15) is 0 Å². The molecule has 1 rings (SSSR count). The third-order valence-corrected chi connectivity index (χ3v) is 1.99. The Morgan fingerprint density at radius 1 is 1.55 bits per heavy atom. The van der Waals surface area contributed by atoms with Gasteiger partial charge in [0.25, 0.3) is 0 Å². The molecule has 3 nitrogen and oxygen atoms in total. The lowest BCUT2D eigenvalue weighted by atomic mass is 10.4. The van der Waals surface area contributed by atoms with Gasteiger partial charge >= 0.3 is 5.97 Å². The van der Waals surface area contributed by atoms with Crippen molar-refractivity contribution >= 4 is 29.7 Å². The largest absolute Gasteiger partial charge is 0.476 e. The Morgan fingerprint density at radius 2 is 2.09 bits per heavy atom. The number of aryl methyl sites for hydroxylation is 2. The molecule has 0 atom stereocenters. The Balaban J connectivity index is 0.000001000. The average molecular weight is 194 g/mol. The van der Waals surface area contributed by atoms with E-state index in [2.05, 4.69) is 4.98 Å². The van der Waals surface area contributed by atoms with E-state index in [9.17, 15) is 4.79 Å². The highest BCUT2D eigenvalue weighted by molar-refractivity contribution is 7.11. The van der Waals surface area contributed by atoms with Gasteiger partial charge in [0.05, 0.1) is 5.01 Å². The number of hydrogen-bond donors (Lipinski definition) is 1. The van der Waals surface area contributed by atoms with E-state index in [4.69, 9.17) is 5.11 Å². The smallest absolute Gasteiger partial charge is 0.355 e. The minimum Gasteiger partial charge on any atom is -0.476 e. The normalized spacial score (nSPS) is 8.91. The maximum Gasteiger partial charge on any atom is 0.355 e. The van der Waals surface area contributed by atoms with Gasteiger partial charge in [0.15, 0.2) is 5.69 Å². The lowest BCUT2D eigenvalue weighted by Gasteiger charge is -1.84. The molecular weight excluding hydrogens is 186 g/mol. The zero-order valence-corrected chi connectivity index (χ0v) is 7.75. The zero-order chi connectivity index (χ0) is 7.72. The number of aromatic carboxylic acids is 1. The number of carboxylic acid groups (broad SMARTS) is 1. The Bertz CT molecular complexity index is 272. The summed E-state index contributed by atoms with van der Waals surface area (Å²) in [4.78, 5) is 15.0. The quantitative estimate of drug-likeness (QED) is 0.741. The van der Waals surface area contributed by atoms with Crippen LogP contribution in [0.15, 0.2) is 0 Å². The standard InChI is InChI=1S/C6H7NO2S.ClH/c1-3-5(6(8)9)7-4(2)10-3;/h1-2H3,(H,8,9);1H. The Kier molecular flexibility index (Phi) is 3.48. The summed E-state index contributed by atoms with van der Waals surface area (Å²) in [6.07, 6.45) is 0. The van der Waals surface area contributed by atoms with E-state index in [1.165, 1.54) is 11.3 Å². The van der Waals surface area contributed by atoms with Gasteiger partial charge in [0.2, 0.25) is 0 Å². The van der Waals surface area contributed by atoms with Gasteiger partial charge in [-0.3, -0.25) is 0 Å². The van der Waals surface area contributed by atoms with Crippen molar-refractivity contribution in [2.24, 2.45) is 0 Å². The molecule has 0 saturated heterocycles. The second-order valence-corrected chi connectivity index (χ2v) is 3.35. The monoisotopic (exact) mass is 193 g/mol. The molecule has 1 N–H and O–H groups in total. The number of thiazole rings is 1. The van der Waals surface area contributed by atoms with Crippen molar-refractivity contribution in [2.45, 2.75) is 13.8 Å². The predicted molar refractivity (Wildman–Crippen MR) is 45.8 cm³/mol. The van der Waals surface area contributed by atoms with Crippen molar-refractivity contribution < 1.29 is 9.90 Å². The minimum absolute atomic E-state index is 0. The lowest BCUT2D eigenvalue weighted by molar-refractivity contribution is 0.0690. The Hall–Kier alpha value is -0.610. The van der Waals surface area contributed by atoms with E-state index in [0.29, 0.717) is 0 Å². The second kappa shape index (κ2) is 3.69. The van der Waals surface area contributed by atoms with E-state index < -0.39 is 5.97 Å². The van der Waals surface area contributed by atoms with E-state index >= 15 is 0 Å². The number of carboxylic acids is 1. The molecule has 1 aromatic rings. The van der Waals surface area contributed by atoms with E-state index in [0.717, 1.165) is 9.88 Å². The van der Waals surface area contributed by atoms with Gasteiger partial charge in [-0.25, -0.2) is 9.78 Å². The third-order valence-electron chi connectivity index (χ3n) is 1.11. The summed E-state index contributed by atoms with van der Waals surface area (Å²) in [5.41, 5.74) is 0.183. The Labute approximate surface area is 74.5 Å². The highest BCUT2D eigenvalue weighted by Gasteiger charge is 2.10. The molecule has 0 fully saturated rings. The highest BCUT2D eigenvalue weighted by atomic mass is 35.5. The van der Waals surface area contributed by atoms with Gasteiger partial charge in [0, 0.05) is 4.88 Å². The van der Waals surface area contributed by atoms with Crippen molar-refractivity contribution in [3.05, 3.63) is 15.6 Å². The van der Waals surface area contributed by atoms with Crippen LogP contribution >= 0.6 is 23.7 Å². The SMILES string of the molecule is Cc1nc(C(=O)O)c(C)s1.Cl. The molecule has 0 amide bonds. The molecule has 5 heteroatoms. The summed E-state index contributed by atoms with van der Waals surface area (Å²) in [5.74, 6) is -0.943. The van der Waals surface area contributed by atoms with Crippen molar-refractivity contribution in [3.8, 4) is 0 Å². The fourth-order valence-electron chi connectivity index (χ4n) is 0.727. The molecule has 0 radical (unpaired) electrons. The fourth-order valence-corrected chi connectivity index (χ4v) is 1.54. The first-order valence-corrected chi connectivity index (χ1v) is 3.60. The maximum atomic E-state index is 10.4. The molecular formula is C6H8ClNO2S. The van der Waals surface area contributed by atoms with Crippen molar-refractivity contribution in [1.29, 1.82) is 0 Å². The van der Waals surface area contributed by atoms with Gasteiger partial charge in [-0.1, -0.05) is 0 Å². The molecule has 0 aliphatic carbocycles. The molecule has 0 aliphatic rings. The van der Waals surface area contributed by atoms with Crippen LogP contribution in [0.5, 0.6) is 0 Å². The first-order valence-electron chi connectivity index (χ1n) is 2.78. The number of carbonyl (C=O) groups is 1. The zero-order valence-electron chi connectivity index (χ0n) is 6.12. The topological polar surface area (TPSA) is 50.2 Å². The van der Waals surface area contributed by atoms with Crippen LogP contribution in [0.3, 0.4) is 0 Å². The molecule has 0 spiro atoms. The van der Waals surface area contributed by atoms with Crippen LogP contribution < -0.4 is 0 Å². The first-order chi connectivity index (χ1) is 4.61. The van der Waals surface area contributed by atoms with E-state index in [-0.39, 0.29) is 18.1 Å². The Morgan fingerprint density at radius 3 is 2.27 bits per heavy atom. The van der Waals surface area contributed by atoms with Crippen LogP contribution in [0.2, 0.25) is 0 Å². The fraction of sp³-hybridized carbons (Fsp3) is 0.333. The molecule has 11 heavy (non-hydrogen) atoms. The molecule has 0 aromatic carbocycles. The highest BCUT2D eigenvalue weighted by Crippen LogP contribution is 2.15. The van der Waals surface area contributed by atoms with Crippen molar-refractivity contribution in [1.82, 2.24) is 4.98 Å². The van der Waals surface area contributed by atoms with E-state index in [1.54, 1.807) is 13.8 Å². The minimum atomic E-state index is -0.943. The first kappa shape index (κ1) is 10.4. The predicted octanol–water partition coefficient (Wildman–Crippen LogP) is 1.88. The van der Waals surface area contributed by atoms with Gasteiger partial charge < -0.3 is 5.11 Å². The van der Waals surface area contributed by atoms with Gasteiger partial charge in [0.1, 0.15) is 0 Å². The molecule has 1 aromatic heterocycles. The molecule has 0 aliphatic heterocycles. The van der Waals surface area contributed by atoms with Gasteiger partial charge in [-0.15, -0.1) is 23.7 Å². The molecule has 0 bridgehead atoms. The number of rotatable bonds is 1. The summed E-state index contributed by atoms with van der Waals surface area (Å²) in [6.45, 7) is 3.55. The van der Waals surface area contributed by atoms with Crippen LogP contribution in [0.1, 0.15) is 20.4 Å². The van der Waals surface area contributed by atoms with Crippen LogP contribution in [0, 0.1) is 13.8 Å². The number of aromatic nitrogens is 1. The number of hydrogen-bond acceptors (Lipinski definition) is 3. The maximum absolute atomic E-state index is 10.4. The van der Waals surface area contributed by atoms with Crippen LogP contribution in [-0.4, -0.2) is 16.1 Å². The summed E-state index contributed by atoms with van der Waals surface area (Å²) >= 11 is 1.41. The van der Waals surface area contributed by atoms with Crippen LogP contribution in [-0.2, 0) is 0 Å². The summed E-state index contributed by atoms with van der Waals surface area (Å²) in [6, 6.07) is 0. The molecule has 62 valence electrons. The summed E-state index contributed by atoms with van der Waals surface area (Å²) in [7, 11) is 0. The number of halogens is 1.